The molecule has 90 valence electrons. The second-order valence-corrected chi connectivity index (χ2v) is 3.04. The number of azide groups is 1. The number of esters is 1. The van der Waals surface area contributed by atoms with E-state index in [1.807, 2.05) is 0 Å². The van der Waals surface area contributed by atoms with E-state index in [-0.39, 0.29) is 17.3 Å². The van der Waals surface area contributed by atoms with Crippen LogP contribution in [0.5, 0.6) is 0 Å². The largest absolute Gasteiger partial charge is 0.461 e. The summed E-state index contributed by atoms with van der Waals surface area (Å²) in [7, 11) is 0. The number of carbonyl (C=O) groups is 1. The molecule has 0 spiro atoms. The van der Waals surface area contributed by atoms with Crippen molar-refractivity contribution >= 4 is 11.7 Å². The third kappa shape index (κ3) is 2.60. The first-order valence-corrected chi connectivity index (χ1v) is 4.85. The van der Waals surface area contributed by atoms with E-state index in [0.29, 0.717) is 0 Å². The number of hydrogen-bond donors (Lipinski definition) is 0. The first-order chi connectivity index (χ1) is 8.81. The van der Waals surface area contributed by atoms with Crippen LogP contribution >= 0.6 is 0 Å². The Hall–Kier alpha value is -2.92. The molecular weight excluding hydrogens is 238 g/mol. The van der Waals surface area contributed by atoms with Gasteiger partial charge in [-0.3, -0.25) is 0 Å². The first kappa shape index (κ1) is 11.6. The number of carbonyl (C=O) groups excluding carboxylic acids is 1. The Morgan fingerprint density at radius 2 is 1.94 bits per heavy atom. The van der Waals surface area contributed by atoms with Gasteiger partial charge in [0.1, 0.15) is 0 Å². The van der Waals surface area contributed by atoms with Gasteiger partial charge in [0.05, 0.1) is 12.5 Å². The number of hydrogen-bond acceptors (Lipinski definition) is 5. The highest BCUT2D eigenvalue weighted by atomic mass is 16.6. The van der Waals surface area contributed by atoms with E-state index in [2.05, 4.69) is 10.0 Å². The van der Waals surface area contributed by atoms with Crippen molar-refractivity contribution in [2.45, 2.75) is 0 Å². The summed E-state index contributed by atoms with van der Waals surface area (Å²) in [6.07, 6.45) is 3.79. The van der Waals surface area contributed by atoms with Crippen molar-refractivity contribution in [3.8, 4) is 0 Å². The van der Waals surface area contributed by atoms with Crippen molar-refractivity contribution in [3.05, 3.63) is 65.0 Å². The van der Waals surface area contributed by atoms with Crippen LogP contribution < -0.4 is 0 Å². The maximum atomic E-state index is 11.6. The molecule has 7 nitrogen and oxygen atoms in total. The van der Waals surface area contributed by atoms with Crippen molar-refractivity contribution in [1.29, 1.82) is 0 Å². The van der Waals surface area contributed by atoms with Crippen LogP contribution in [-0.2, 0) is 4.74 Å². The molecule has 0 aliphatic carbocycles. The van der Waals surface area contributed by atoms with Crippen LogP contribution in [0.4, 0.5) is 0 Å². The Bertz CT molecular complexity index is 592. The third-order valence-corrected chi connectivity index (χ3v) is 1.92. The molecule has 0 N–H and O–H groups in total. The molecule has 0 saturated heterocycles. The number of rotatable bonds is 4. The van der Waals surface area contributed by atoms with E-state index in [1.54, 1.807) is 18.2 Å². The van der Waals surface area contributed by atoms with Crippen LogP contribution in [0.15, 0.2) is 56.9 Å². The summed E-state index contributed by atoms with van der Waals surface area (Å²) in [4.78, 5) is 14.2. The second-order valence-electron chi connectivity index (χ2n) is 3.04. The van der Waals surface area contributed by atoms with Gasteiger partial charge >= 0.3 is 5.97 Å². The predicted molar refractivity (Wildman–Crippen MR) is 60.0 cm³/mol. The molecule has 0 atom stereocenters. The highest BCUT2D eigenvalue weighted by Gasteiger charge is 2.15. The van der Waals surface area contributed by atoms with E-state index >= 15 is 0 Å². The Balaban J connectivity index is 2.21. The van der Waals surface area contributed by atoms with Crippen LogP contribution in [0.1, 0.15) is 16.3 Å². The lowest BCUT2D eigenvalue weighted by Crippen LogP contribution is -2.02. The monoisotopic (exact) mass is 245 g/mol. The van der Waals surface area contributed by atoms with Crippen molar-refractivity contribution in [2.75, 3.05) is 0 Å². The molecule has 0 aromatic carbocycles. The Kier molecular flexibility index (Phi) is 3.48. The molecular formula is C11H7N3O4. The van der Waals surface area contributed by atoms with E-state index in [1.165, 1.54) is 18.6 Å². The van der Waals surface area contributed by atoms with Crippen molar-refractivity contribution in [1.82, 2.24) is 0 Å². The van der Waals surface area contributed by atoms with Crippen LogP contribution in [0.25, 0.3) is 16.2 Å². The van der Waals surface area contributed by atoms with Crippen molar-refractivity contribution < 1.29 is 18.4 Å². The quantitative estimate of drug-likeness (QED) is 0.271. The van der Waals surface area contributed by atoms with Gasteiger partial charge in [-0.2, -0.15) is 0 Å². The van der Waals surface area contributed by atoms with Gasteiger partial charge in [0.2, 0.25) is 5.76 Å². The molecule has 0 saturated carbocycles. The van der Waals surface area contributed by atoms with Crippen LogP contribution in [0, 0.1) is 0 Å². The van der Waals surface area contributed by atoms with Gasteiger partial charge in [0, 0.05) is 11.1 Å². The smallest absolute Gasteiger partial charge is 0.379 e. The lowest BCUT2D eigenvalue weighted by Gasteiger charge is -2.03. The average molecular weight is 245 g/mol. The fraction of sp³-hybridized carbons (Fsp3) is 0. The summed E-state index contributed by atoms with van der Waals surface area (Å²) in [6.45, 7) is 0. The lowest BCUT2D eigenvalue weighted by atomic mass is 10.4. The highest BCUT2D eigenvalue weighted by Crippen LogP contribution is 2.18. The normalized spacial score (nSPS) is 10.8. The Morgan fingerprint density at radius 1 is 1.28 bits per heavy atom. The van der Waals surface area contributed by atoms with Crippen LogP contribution in [-0.4, -0.2) is 5.97 Å². The summed E-state index contributed by atoms with van der Waals surface area (Å²) in [5, 5.41) is 3.21. The number of ether oxygens (including phenoxy) is 1. The van der Waals surface area contributed by atoms with Gasteiger partial charge in [0.25, 0.3) is 0 Å². The molecule has 0 bridgehead atoms. The number of nitrogens with zero attached hydrogens (tertiary/aromatic N) is 3. The molecule has 2 aromatic heterocycles. The molecule has 0 fully saturated rings. The van der Waals surface area contributed by atoms with E-state index in [0.717, 1.165) is 6.20 Å². The molecule has 7 heteroatoms. The summed E-state index contributed by atoms with van der Waals surface area (Å²) >= 11 is 0. The Morgan fingerprint density at radius 3 is 2.50 bits per heavy atom. The van der Waals surface area contributed by atoms with Gasteiger partial charge in [0.15, 0.2) is 11.5 Å². The summed E-state index contributed by atoms with van der Waals surface area (Å²) in [5.41, 5.74) is 8.25. The maximum absolute atomic E-state index is 11.6. The van der Waals surface area contributed by atoms with Gasteiger partial charge in [-0.1, -0.05) is 5.11 Å². The molecule has 0 amide bonds. The summed E-state index contributed by atoms with van der Waals surface area (Å²) in [5.74, 6) is -0.411. The lowest BCUT2D eigenvalue weighted by molar-refractivity contribution is 0.0652. The molecule has 2 aromatic rings. The minimum atomic E-state index is -0.712. The second kappa shape index (κ2) is 5.42. The molecule has 18 heavy (non-hydrogen) atoms. The maximum Gasteiger partial charge on any atom is 0.379 e. The van der Waals surface area contributed by atoms with Gasteiger partial charge in [-0.05, 0) is 29.8 Å². The molecule has 2 rings (SSSR count). The van der Waals surface area contributed by atoms with E-state index in [4.69, 9.17) is 19.1 Å². The minimum absolute atomic E-state index is 0.000741. The fourth-order valence-corrected chi connectivity index (χ4v) is 1.18. The van der Waals surface area contributed by atoms with Gasteiger partial charge in [-0.15, -0.1) is 0 Å². The molecule has 2 heterocycles. The van der Waals surface area contributed by atoms with Crippen molar-refractivity contribution in [2.24, 2.45) is 5.11 Å². The van der Waals surface area contributed by atoms with Gasteiger partial charge < -0.3 is 13.6 Å². The molecule has 0 unspecified atom stereocenters. The molecule has 0 aliphatic rings. The SMILES string of the molecule is [N-]=[N+]=N/C=C(\OC(=O)c1ccco1)c1ccco1. The third-order valence-electron chi connectivity index (χ3n) is 1.92. The van der Waals surface area contributed by atoms with Gasteiger partial charge in [-0.25, -0.2) is 4.79 Å². The Labute approximate surface area is 101 Å². The van der Waals surface area contributed by atoms with Crippen molar-refractivity contribution in [3.63, 3.8) is 0 Å². The summed E-state index contributed by atoms with van der Waals surface area (Å²) < 4.78 is 14.9. The van der Waals surface area contributed by atoms with E-state index in [9.17, 15) is 4.79 Å². The van der Waals surface area contributed by atoms with E-state index < -0.39 is 5.97 Å². The average Bonchev–Trinajstić information content (AvgIpc) is 3.04. The zero-order chi connectivity index (χ0) is 12.8. The number of furan rings is 2. The predicted octanol–water partition coefficient (Wildman–Crippen LogP) is 3.34. The fourth-order valence-electron chi connectivity index (χ4n) is 1.18. The highest BCUT2D eigenvalue weighted by molar-refractivity contribution is 5.90. The zero-order valence-corrected chi connectivity index (χ0v) is 9.02. The van der Waals surface area contributed by atoms with Crippen LogP contribution in [0.2, 0.25) is 0 Å². The topological polar surface area (TPSA) is 101 Å². The van der Waals surface area contributed by atoms with Crippen LogP contribution in [0.3, 0.4) is 0 Å². The minimum Gasteiger partial charge on any atom is -0.461 e. The summed E-state index contributed by atoms with van der Waals surface area (Å²) in [6, 6.07) is 6.18. The molecule has 0 radical (unpaired) electrons. The standard InChI is InChI=1S/C11H7N3O4/c12-14-13-7-10(8-3-1-5-16-8)18-11(15)9-4-2-6-17-9/h1-7H/b10-7-. The molecule has 0 aliphatic heterocycles. The zero-order valence-electron chi connectivity index (χ0n) is 9.02. The first-order valence-electron chi connectivity index (χ1n) is 4.85.